The summed E-state index contributed by atoms with van der Waals surface area (Å²) in [5.41, 5.74) is 2.00. The van der Waals surface area contributed by atoms with Gasteiger partial charge in [0.1, 0.15) is 18.7 Å². The molecular weight excluding hydrogens is 593 g/mol. The summed E-state index contributed by atoms with van der Waals surface area (Å²) in [5, 5.41) is 20.0. The zero-order valence-corrected chi connectivity index (χ0v) is 24.4. The molecule has 5 N–H and O–H groups in total. The molecule has 3 aromatic rings. The van der Waals surface area contributed by atoms with Crippen molar-refractivity contribution in [2.75, 3.05) is 0 Å². The van der Waals surface area contributed by atoms with Crippen molar-refractivity contribution in [2.45, 2.75) is 63.3 Å². The highest BCUT2D eigenvalue weighted by molar-refractivity contribution is 5.91. The van der Waals surface area contributed by atoms with Crippen molar-refractivity contribution in [2.24, 2.45) is 0 Å². The molecule has 0 radical (unpaired) electrons. The van der Waals surface area contributed by atoms with Crippen LogP contribution in [0, 0.1) is 0 Å². The Morgan fingerprint density at radius 3 is 1.82 bits per heavy atom. The number of carbonyl (C=O) groups excluding carboxylic acids is 4. The Bertz CT molecular complexity index is 1390. The van der Waals surface area contributed by atoms with E-state index in [1.165, 1.54) is 6.92 Å². The summed E-state index contributed by atoms with van der Waals surface area (Å²) in [6.45, 7) is 1.17. The van der Waals surface area contributed by atoms with Crippen LogP contribution in [0.3, 0.4) is 0 Å². The molecule has 45 heavy (non-hydrogen) atoms. The van der Waals surface area contributed by atoms with Crippen molar-refractivity contribution in [3.8, 4) is 0 Å². The Balaban J connectivity index is 1.68. The summed E-state index contributed by atoms with van der Waals surface area (Å²) >= 11 is 0. The van der Waals surface area contributed by atoms with Crippen LogP contribution in [0.1, 0.15) is 30.0 Å². The SMILES string of the molecule is C[C@H](NC(=O)OCc1ccccc1)C(=O)NC(CC(F)(F)F)C(=O)NC(Cc1ccccc1)C(O)C(=O)NCc1ccccc1. The predicted molar refractivity (Wildman–Crippen MR) is 158 cm³/mol. The molecule has 13 heteroatoms. The van der Waals surface area contributed by atoms with E-state index in [1.807, 2.05) is 5.32 Å². The number of alkyl carbamates (subject to hydrolysis) is 1. The van der Waals surface area contributed by atoms with Gasteiger partial charge in [0.05, 0.1) is 12.5 Å². The van der Waals surface area contributed by atoms with Crippen LogP contribution in [0.4, 0.5) is 18.0 Å². The summed E-state index contributed by atoms with van der Waals surface area (Å²) < 4.78 is 45.5. The van der Waals surface area contributed by atoms with E-state index >= 15 is 0 Å². The maximum Gasteiger partial charge on any atom is 0.408 e. The van der Waals surface area contributed by atoms with Gasteiger partial charge in [-0.05, 0) is 30.0 Å². The molecule has 0 spiro atoms. The fraction of sp³-hybridized carbons (Fsp3) is 0.312. The summed E-state index contributed by atoms with van der Waals surface area (Å²) in [6, 6.07) is 21.0. The molecule has 4 amide bonds. The Morgan fingerprint density at radius 1 is 0.733 bits per heavy atom. The lowest BCUT2D eigenvalue weighted by Gasteiger charge is -2.27. The number of aliphatic hydroxyl groups excluding tert-OH is 1. The Labute approximate surface area is 258 Å². The van der Waals surface area contributed by atoms with Crippen LogP contribution >= 0.6 is 0 Å². The van der Waals surface area contributed by atoms with Crippen molar-refractivity contribution in [3.63, 3.8) is 0 Å². The summed E-state index contributed by atoms with van der Waals surface area (Å²) in [7, 11) is 0. The Hall–Kier alpha value is -4.91. The van der Waals surface area contributed by atoms with Gasteiger partial charge >= 0.3 is 12.3 Å². The van der Waals surface area contributed by atoms with Gasteiger partial charge in [0.15, 0.2) is 6.10 Å². The fourth-order valence-corrected chi connectivity index (χ4v) is 4.21. The number of rotatable bonds is 14. The summed E-state index contributed by atoms with van der Waals surface area (Å²) in [6.07, 6.45) is -9.57. The second-order valence-corrected chi connectivity index (χ2v) is 10.3. The maximum atomic E-state index is 13.5. The van der Waals surface area contributed by atoms with Crippen LogP contribution in [0.2, 0.25) is 0 Å². The van der Waals surface area contributed by atoms with Crippen molar-refractivity contribution in [1.29, 1.82) is 0 Å². The number of amides is 4. The topological polar surface area (TPSA) is 146 Å². The van der Waals surface area contributed by atoms with Gasteiger partial charge in [0.2, 0.25) is 11.8 Å². The van der Waals surface area contributed by atoms with Gasteiger partial charge in [0.25, 0.3) is 5.91 Å². The number of carbonyl (C=O) groups is 4. The van der Waals surface area contributed by atoms with E-state index in [0.29, 0.717) is 11.1 Å². The highest BCUT2D eigenvalue weighted by atomic mass is 19.4. The largest absolute Gasteiger partial charge is 0.445 e. The number of benzene rings is 3. The molecule has 3 unspecified atom stereocenters. The molecule has 3 rings (SSSR count). The average Bonchev–Trinajstić information content (AvgIpc) is 3.02. The van der Waals surface area contributed by atoms with Gasteiger partial charge in [0, 0.05) is 6.54 Å². The number of hydrogen-bond donors (Lipinski definition) is 5. The highest BCUT2D eigenvalue weighted by Crippen LogP contribution is 2.22. The molecule has 0 aliphatic carbocycles. The van der Waals surface area contributed by atoms with Gasteiger partial charge in [-0.25, -0.2) is 4.79 Å². The first-order valence-electron chi connectivity index (χ1n) is 14.1. The highest BCUT2D eigenvalue weighted by Gasteiger charge is 2.39. The Kier molecular flexibility index (Phi) is 12.9. The molecule has 0 heterocycles. The van der Waals surface area contributed by atoms with Gasteiger partial charge < -0.3 is 31.1 Å². The summed E-state index contributed by atoms with van der Waals surface area (Å²) in [4.78, 5) is 50.9. The summed E-state index contributed by atoms with van der Waals surface area (Å²) in [5.74, 6) is -3.23. The minimum Gasteiger partial charge on any atom is -0.445 e. The molecule has 0 aliphatic rings. The molecule has 0 aliphatic heterocycles. The van der Waals surface area contributed by atoms with Crippen LogP contribution in [0.25, 0.3) is 0 Å². The van der Waals surface area contributed by atoms with Crippen molar-refractivity contribution in [1.82, 2.24) is 21.3 Å². The number of halogens is 3. The van der Waals surface area contributed by atoms with E-state index in [1.54, 1.807) is 91.0 Å². The monoisotopic (exact) mass is 628 g/mol. The van der Waals surface area contributed by atoms with Gasteiger partial charge in [-0.3, -0.25) is 14.4 Å². The number of ether oxygens (including phenoxy) is 1. The lowest BCUT2D eigenvalue weighted by Crippen LogP contribution is -2.58. The third-order valence-electron chi connectivity index (χ3n) is 6.59. The van der Waals surface area contributed by atoms with Crippen LogP contribution < -0.4 is 21.3 Å². The predicted octanol–water partition coefficient (Wildman–Crippen LogP) is 3.14. The minimum atomic E-state index is -4.87. The molecule has 10 nitrogen and oxygen atoms in total. The van der Waals surface area contributed by atoms with E-state index in [-0.39, 0.29) is 19.6 Å². The molecule has 0 fully saturated rings. The molecule has 0 saturated carbocycles. The third kappa shape index (κ3) is 12.3. The smallest absolute Gasteiger partial charge is 0.408 e. The van der Waals surface area contributed by atoms with E-state index in [0.717, 1.165) is 5.56 Å². The van der Waals surface area contributed by atoms with E-state index in [2.05, 4.69) is 16.0 Å². The second kappa shape index (κ2) is 16.8. The van der Waals surface area contributed by atoms with Gasteiger partial charge in [-0.2, -0.15) is 13.2 Å². The molecule has 3 aromatic carbocycles. The van der Waals surface area contributed by atoms with E-state index in [4.69, 9.17) is 4.74 Å². The Morgan fingerprint density at radius 2 is 1.27 bits per heavy atom. The lowest BCUT2D eigenvalue weighted by molar-refractivity contribution is -0.152. The minimum absolute atomic E-state index is 0.0637. The second-order valence-electron chi connectivity index (χ2n) is 10.3. The van der Waals surface area contributed by atoms with E-state index in [9.17, 15) is 37.5 Å². The van der Waals surface area contributed by atoms with Gasteiger partial charge in [-0.1, -0.05) is 91.0 Å². The zero-order chi connectivity index (χ0) is 32.8. The van der Waals surface area contributed by atoms with Crippen molar-refractivity contribution in [3.05, 3.63) is 108 Å². The zero-order valence-electron chi connectivity index (χ0n) is 24.4. The number of nitrogens with one attached hydrogen (secondary N) is 4. The van der Waals surface area contributed by atoms with Crippen molar-refractivity contribution < 1.29 is 42.2 Å². The third-order valence-corrected chi connectivity index (χ3v) is 6.59. The molecular formula is C32H35F3N4O6. The first kappa shape index (κ1) is 34.6. The maximum absolute atomic E-state index is 13.5. The lowest BCUT2D eigenvalue weighted by atomic mass is 9.99. The molecule has 0 bridgehead atoms. The first-order chi connectivity index (χ1) is 21.4. The average molecular weight is 629 g/mol. The number of hydrogen-bond acceptors (Lipinski definition) is 6. The van der Waals surface area contributed by atoms with Crippen LogP contribution in [-0.2, 0) is 38.7 Å². The van der Waals surface area contributed by atoms with E-state index < -0.39 is 60.6 Å². The quantitative estimate of drug-likeness (QED) is 0.186. The molecule has 4 atom stereocenters. The number of alkyl halides is 3. The molecule has 0 saturated heterocycles. The normalized spacial score (nSPS) is 13.8. The first-order valence-corrected chi connectivity index (χ1v) is 14.1. The standard InChI is InChI=1S/C32H35F3N4O6/c1-21(37-31(44)45-20-24-15-9-4-10-16-24)28(41)39-26(18-32(33,34)35)29(42)38-25(17-22-11-5-2-6-12-22)27(40)30(43)36-19-23-13-7-3-8-14-23/h2-16,21,25-27,40H,17-20H2,1H3,(H,36,43)(H,37,44)(H,38,42)(H,39,41)/t21-,25?,26?,27?/m0/s1. The number of aliphatic hydroxyl groups is 1. The molecule has 0 aromatic heterocycles. The van der Waals surface area contributed by atoms with Crippen molar-refractivity contribution >= 4 is 23.8 Å². The van der Waals surface area contributed by atoms with Crippen LogP contribution in [0.5, 0.6) is 0 Å². The molecule has 240 valence electrons. The fourth-order valence-electron chi connectivity index (χ4n) is 4.21. The van der Waals surface area contributed by atoms with Crippen LogP contribution in [-0.4, -0.2) is 59.3 Å². The van der Waals surface area contributed by atoms with Crippen LogP contribution in [0.15, 0.2) is 91.0 Å². The van der Waals surface area contributed by atoms with Gasteiger partial charge in [-0.15, -0.1) is 0 Å².